The van der Waals surface area contributed by atoms with Crippen LogP contribution in [0.3, 0.4) is 0 Å². The molecular weight excluding hydrogens is 359 g/mol. The highest BCUT2D eigenvalue weighted by Gasteiger charge is 2.15. The van der Waals surface area contributed by atoms with E-state index in [0.717, 1.165) is 6.26 Å². The molecule has 136 valence electrons. The van der Waals surface area contributed by atoms with Crippen LogP contribution in [-0.2, 0) is 24.2 Å². The number of allylic oxidation sites excluding steroid dienone is 1. The van der Waals surface area contributed by atoms with Gasteiger partial charge in [0.2, 0.25) is 0 Å². The molecule has 2 aromatic rings. The van der Waals surface area contributed by atoms with Crippen LogP contribution in [0.15, 0.2) is 53.4 Å². The van der Waals surface area contributed by atoms with Gasteiger partial charge >= 0.3 is 5.97 Å². The summed E-state index contributed by atoms with van der Waals surface area (Å²) in [6, 6.07) is 11.2. The van der Waals surface area contributed by atoms with E-state index in [0.29, 0.717) is 23.0 Å². The van der Waals surface area contributed by atoms with E-state index in [1.807, 2.05) is 0 Å². The number of ether oxygens (including phenoxy) is 1. The van der Waals surface area contributed by atoms with Gasteiger partial charge < -0.3 is 4.74 Å². The monoisotopic (exact) mass is 376 g/mol. The fourth-order valence-electron chi connectivity index (χ4n) is 2.34. The highest BCUT2D eigenvalue weighted by atomic mass is 32.2. The van der Waals surface area contributed by atoms with Crippen molar-refractivity contribution in [3.63, 3.8) is 0 Å². The number of carbonyl (C=O) groups excluding carboxylic acids is 2. The summed E-state index contributed by atoms with van der Waals surface area (Å²) in [6.07, 6.45) is 1.68. The van der Waals surface area contributed by atoms with Gasteiger partial charge in [-0.25, -0.2) is 12.8 Å². The van der Waals surface area contributed by atoms with Crippen LogP contribution in [0.2, 0.25) is 0 Å². The summed E-state index contributed by atoms with van der Waals surface area (Å²) in [4.78, 5) is 23.0. The predicted molar refractivity (Wildman–Crippen MR) is 95.5 cm³/mol. The lowest BCUT2D eigenvalue weighted by Gasteiger charge is -2.13. The van der Waals surface area contributed by atoms with Crippen molar-refractivity contribution in [2.45, 2.75) is 11.8 Å². The summed E-state index contributed by atoms with van der Waals surface area (Å²) < 4.78 is 41.4. The zero-order valence-electron chi connectivity index (χ0n) is 14.2. The van der Waals surface area contributed by atoms with Crippen LogP contribution in [0.1, 0.15) is 18.1 Å². The van der Waals surface area contributed by atoms with E-state index < -0.39 is 21.6 Å². The van der Waals surface area contributed by atoms with Crippen LogP contribution in [0, 0.1) is 5.82 Å². The van der Waals surface area contributed by atoms with Crippen molar-refractivity contribution in [3.8, 4) is 0 Å². The second-order valence-corrected chi connectivity index (χ2v) is 7.61. The van der Waals surface area contributed by atoms with Gasteiger partial charge in [-0.3, -0.25) is 9.59 Å². The number of benzene rings is 2. The van der Waals surface area contributed by atoms with Gasteiger partial charge in [0.1, 0.15) is 12.4 Å². The van der Waals surface area contributed by atoms with Gasteiger partial charge in [-0.05, 0) is 35.4 Å². The van der Waals surface area contributed by atoms with E-state index in [2.05, 4.69) is 0 Å². The Morgan fingerprint density at radius 2 is 1.58 bits per heavy atom. The molecule has 7 heteroatoms. The summed E-state index contributed by atoms with van der Waals surface area (Å²) >= 11 is 0. The lowest BCUT2D eigenvalue weighted by atomic mass is 9.96. The van der Waals surface area contributed by atoms with E-state index in [1.54, 1.807) is 0 Å². The minimum Gasteiger partial charge on any atom is -0.461 e. The molecule has 0 saturated carbocycles. The molecule has 0 aliphatic rings. The topological polar surface area (TPSA) is 77.5 Å². The Bertz CT molecular complexity index is 942. The molecule has 0 N–H and O–H groups in total. The number of sulfone groups is 1. The number of hydrogen-bond acceptors (Lipinski definition) is 5. The Morgan fingerprint density at radius 1 is 1.04 bits per heavy atom. The first-order valence-electron chi connectivity index (χ1n) is 7.60. The Balaban J connectivity index is 2.58. The van der Waals surface area contributed by atoms with Crippen LogP contribution >= 0.6 is 0 Å². The minimum atomic E-state index is -3.37. The molecule has 0 aliphatic carbocycles. The van der Waals surface area contributed by atoms with Gasteiger partial charge in [0.05, 0.1) is 4.90 Å². The number of aldehydes is 1. The van der Waals surface area contributed by atoms with Crippen LogP contribution in [0.25, 0.3) is 11.1 Å². The van der Waals surface area contributed by atoms with Gasteiger partial charge in [0.25, 0.3) is 0 Å². The first kappa shape index (κ1) is 19.5. The summed E-state index contributed by atoms with van der Waals surface area (Å²) in [5.41, 5.74) is 1.58. The average molecular weight is 376 g/mol. The van der Waals surface area contributed by atoms with Crippen molar-refractivity contribution in [1.29, 1.82) is 0 Å². The van der Waals surface area contributed by atoms with Crippen LogP contribution in [-0.4, -0.2) is 33.5 Å². The molecule has 0 bridgehead atoms. The molecule has 0 atom stereocenters. The molecule has 0 amide bonds. The van der Waals surface area contributed by atoms with E-state index in [4.69, 9.17) is 4.74 Å². The third-order valence-electron chi connectivity index (χ3n) is 3.65. The summed E-state index contributed by atoms with van der Waals surface area (Å²) in [6.45, 7) is 1.06. The van der Waals surface area contributed by atoms with Crippen LogP contribution in [0.4, 0.5) is 4.39 Å². The summed E-state index contributed by atoms with van der Waals surface area (Å²) in [7, 11) is -3.37. The third-order valence-corrected chi connectivity index (χ3v) is 4.78. The van der Waals surface area contributed by atoms with Crippen molar-refractivity contribution < 1.29 is 27.1 Å². The maximum absolute atomic E-state index is 13.2. The number of esters is 1. The van der Waals surface area contributed by atoms with Gasteiger partial charge in [-0.15, -0.1) is 0 Å². The smallest absolute Gasteiger partial charge is 0.302 e. The second kappa shape index (κ2) is 8.05. The van der Waals surface area contributed by atoms with Crippen molar-refractivity contribution >= 4 is 33.2 Å². The largest absolute Gasteiger partial charge is 0.461 e. The van der Waals surface area contributed by atoms with Crippen molar-refractivity contribution in [2.24, 2.45) is 0 Å². The fourth-order valence-corrected chi connectivity index (χ4v) is 2.97. The lowest BCUT2D eigenvalue weighted by molar-refractivity contribution is -0.139. The Kier molecular flexibility index (Phi) is 6.05. The Labute approximate surface area is 151 Å². The SMILES string of the molecule is CC(=O)OC/C(=C(\C=O)c1ccc(F)cc1)c1ccc(S(C)(=O)=O)cc1. The molecule has 0 radical (unpaired) electrons. The van der Waals surface area contributed by atoms with Crippen molar-refractivity contribution in [2.75, 3.05) is 12.9 Å². The molecule has 5 nitrogen and oxygen atoms in total. The zero-order valence-corrected chi connectivity index (χ0v) is 15.0. The molecule has 0 saturated heterocycles. The van der Waals surface area contributed by atoms with Gasteiger partial charge in [0, 0.05) is 24.3 Å². The first-order chi connectivity index (χ1) is 12.2. The average Bonchev–Trinajstić information content (AvgIpc) is 2.59. The standard InChI is InChI=1S/C19H17FO5S/c1-13(22)25-12-19(15-5-9-17(10-6-15)26(2,23)24)18(11-21)14-3-7-16(20)8-4-14/h3-11H,12H2,1-2H3/b19-18-. The zero-order chi connectivity index (χ0) is 19.3. The maximum atomic E-state index is 13.2. The minimum absolute atomic E-state index is 0.127. The normalized spacial score (nSPS) is 12.3. The van der Waals surface area contributed by atoms with Gasteiger partial charge in [-0.2, -0.15) is 0 Å². The molecule has 0 aromatic heterocycles. The van der Waals surface area contributed by atoms with Crippen LogP contribution in [0.5, 0.6) is 0 Å². The van der Waals surface area contributed by atoms with Gasteiger partial charge in [-0.1, -0.05) is 24.3 Å². The Hall–Kier alpha value is -2.80. The quantitative estimate of drug-likeness (QED) is 0.335. The summed E-state index contributed by atoms with van der Waals surface area (Å²) in [5, 5.41) is 0. The number of hydrogen-bond donors (Lipinski definition) is 0. The first-order valence-corrected chi connectivity index (χ1v) is 9.49. The predicted octanol–water partition coefficient (Wildman–Crippen LogP) is 2.90. The number of rotatable bonds is 6. The lowest BCUT2D eigenvalue weighted by Crippen LogP contribution is -2.06. The van der Waals surface area contributed by atoms with Crippen molar-refractivity contribution in [3.05, 3.63) is 65.5 Å². The van der Waals surface area contributed by atoms with E-state index in [-0.39, 0.29) is 17.1 Å². The molecule has 2 rings (SSSR count). The molecule has 0 unspecified atom stereocenters. The molecule has 0 aliphatic heterocycles. The van der Waals surface area contributed by atoms with Crippen molar-refractivity contribution in [1.82, 2.24) is 0 Å². The summed E-state index contributed by atoms with van der Waals surface area (Å²) in [5.74, 6) is -0.974. The highest BCUT2D eigenvalue weighted by molar-refractivity contribution is 7.90. The molecule has 0 heterocycles. The maximum Gasteiger partial charge on any atom is 0.302 e. The van der Waals surface area contributed by atoms with E-state index in [1.165, 1.54) is 55.5 Å². The molecular formula is C19H17FO5S. The van der Waals surface area contributed by atoms with Crippen LogP contribution < -0.4 is 0 Å². The fraction of sp³-hybridized carbons (Fsp3) is 0.158. The molecule has 2 aromatic carbocycles. The Morgan fingerprint density at radius 3 is 2.04 bits per heavy atom. The van der Waals surface area contributed by atoms with E-state index in [9.17, 15) is 22.4 Å². The molecule has 26 heavy (non-hydrogen) atoms. The highest BCUT2D eigenvalue weighted by Crippen LogP contribution is 2.27. The van der Waals surface area contributed by atoms with Gasteiger partial charge in [0.15, 0.2) is 16.1 Å². The molecule has 0 fully saturated rings. The van der Waals surface area contributed by atoms with E-state index >= 15 is 0 Å². The second-order valence-electron chi connectivity index (χ2n) is 5.59. The number of carbonyl (C=O) groups is 2. The number of halogens is 1. The molecule has 0 spiro atoms. The third kappa shape index (κ3) is 4.86.